The van der Waals surface area contributed by atoms with E-state index in [0.717, 1.165) is 37.7 Å². The van der Waals surface area contributed by atoms with E-state index in [1.165, 1.54) is 4.90 Å². The van der Waals surface area contributed by atoms with Gasteiger partial charge in [-0.1, -0.05) is 68.9 Å². The zero-order valence-electron chi connectivity index (χ0n) is 33.8. The predicted octanol–water partition coefficient (Wildman–Crippen LogP) is 5.77. The third kappa shape index (κ3) is 9.19. The van der Waals surface area contributed by atoms with E-state index >= 15 is 0 Å². The van der Waals surface area contributed by atoms with Crippen LogP contribution in [0.4, 0.5) is 4.79 Å². The van der Waals surface area contributed by atoms with Crippen LogP contribution in [0.15, 0.2) is 54.6 Å². The summed E-state index contributed by atoms with van der Waals surface area (Å²) in [6.07, 6.45) is 5.67. The summed E-state index contributed by atoms with van der Waals surface area (Å²) in [5.41, 5.74) is -0.0861. The molecule has 1 unspecified atom stereocenters. The van der Waals surface area contributed by atoms with E-state index < -0.39 is 68.4 Å². The highest BCUT2D eigenvalue weighted by atomic mass is 32.2. The van der Waals surface area contributed by atoms with Crippen molar-refractivity contribution in [1.82, 2.24) is 25.2 Å². The fraction of sp³-hybridized carbons (Fsp3) is 0.558. The summed E-state index contributed by atoms with van der Waals surface area (Å²) in [6, 6.07) is 14.9. The van der Waals surface area contributed by atoms with Crippen molar-refractivity contribution in [2.24, 2.45) is 5.92 Å². The van der Waals surface area contributed by atoms with Gasteiger partial charge in [0.2, 0.25) is 21.8 Å². The molecule has 14 nitrogen and oxygen atoms in total. The van der Waals surface area contributed by atoms with Gasteiger partial charge in [-0.2, -0.15) is 0 Å². The van der Waals surface area contributed by atoms with Crippen LogP contribution in [0.25, 0.3) is 22.2 Å². The molecule has 3 heterocycles. The Hall–Kier alpha value is -4.92. The van der Waals surface area contributed by atoms with Crippen LogP contribution < -0.4 is 24.8 Å². The molecule has 3 N–H and O–H groups in total. The number of carbonyl (C=O) groups excluding carboxylic acids is 4. The zero-order valence-corrected chi connectivity index (χ0v) is 34.6. The number of methoxy groups -OCH3 is 1. The minimum absolute atomic E-state index is 0.00272. The molecule has 0 bridgehead atoms. The molecule has 2 aromatic carbocycles. The van der Waals surface area contributed by atoms with Gasteiger partial charge in [-0.15, -0.1) is 0 Å². The first-order chi connectivity index (χ1) is 27.7. The molecule has 15 heteroatoms. The molecule has 4 aliphatic rings. The lowest BCUT2D eigenvalue weighted by Gasteiger charge is -2.31. The highest BCUT2D eigenvalue weighted by molar-refractivity contribution is 7.90. The van der Waals surface area contributed by atoms with Gasteiger partial charge in [0.25, 0.3) is 5.91 Å². The molecule has 2 saturated heterocycles. The second kappa shape index (κ2) is 16.7. The van der Waals surface area contributed by atoms with Crippen LogP contribution in [-0.4, -0.2) is 90.3 Å². The number of alkyl carbamates (subject to hydrolysis) is 1. The lowest BCUT2D eigenvalue weighted by Crippen LogP contribution is -2.59. The van der Waals surface area contributed by atoms with Gasteiger partial charge in [-0.3, -0.25) is 19.1 Å². The van der Waals surface area contributed by atoms with Crippen molar-refractivity contribution in [3.63, 3.8) is 0 Å². The Morgan fingerprint density at radius 1 is 0.931 bits per heavy atom. The van der Waals surface area contributed by atoms with Crippen molar-refractivity contribution in [1.29, 1.82) is 0 Å². The normalized spacial score (nSPS) is 25.8. The molecule has 4 fully saturated rings. The fourth-order valence-corrected chi connectivity index (χ4v) is 9.90. The highest BCUT2D eigenvalue weighted by Gasteiger charge is 2.62. The van der Waals surface area contributed by atoms with Crippen LogP contribution >= 0.6 is 0 Å². The maximum Gasteiger partial charge on any atom is 0.408 e. The van der Waals surface area contributed by atoms with Gasteiger partial charge in [0.15, 0.2) is 0 Å². The number of fused-ring (bicyclic) bond motifs is 3. The lowest BCUT2D eigenvalue weighted by molar-refractivity contribution is -0.141. The average Bonchev–Trinajstić information content (AvgIpc) is 3.68. The van der Waals surface area contributed by atoms with Crippen LogP contribution in [0.3, 0.4) is 0 Å². The number of carbonyl (C=O) groups is 4. The van der Waals surface area contributed by atoms with E-state index in [9.17, 15) is 27.6 Å². The molecule has 1 aromatic heterocycles. The summed E-state index contributed by atoms with van der Waals surface area (Å²) in [5, 5.41) is 5.82. The van der Waals surface area contributed by atoms with Crippen molar-refractivity contribution >= 4 is 44.7 Å². The minimum Gasteiger partial charge on any atom is -0.497 e. The van der Waals surface area contributed by atoms with E-state index in [1.54, 1.807) is 27.9 Å². The minimum atomic E-state index is -3.92. The largest absolute Gasteiger partial charge is 0.497 e. The molecule has 0 radical (unpaired) electrons. The van der Waals surface area contributed by atoms with E-state index in [2.05, 4.69) is 15.4 Å². The van der Waals surface area contributed by atoms with Gasteiger partial charge in [0, 0.05) is 29.5 Å². The fourth-order valence-electron chi connectivity index (χ4n) is 8.34. The maximum absolute atomic E-state index is 14.7. The van der Waals surface area contributed by atoms with E-state index in [1.807, 2.05) is 54.6 Å². The summed E-state index contributed by atoms with van der Waals surface area (Å²) >= 11 is 0. The number of pyridine rings is 1. The third-order valence-corrected chi connectivity index (χ3v) is 13.6. The van der Waals surface area contributed by atoms with Crippen LogP contribution in [0.2, 0.25) is 0 Å². The number of benzene rings is 2. The number of nitrogens with one attached hydrogen (secondary N) is 3. The summed E-state index contributed by atoms with van der Waals surface area (Å²) in [7, 11) is -2.33. The molecule has 7 rings (SSSR count). The van der Waals surface area contributed by atoms with Crippen molar-refractivity contribution < 1.29 is 41.8 Å². The number of amides is 4. The zero-order chi connectivity index (χ0) is 41.2. The molecule has 4 amide bonds. The van der Waals surface area contributed by atoms with Crippen molar-refractivity contribution in [3.8, 4) is 22.8 Å². The number of nitrogens with zero attached hydrogens (tertiary/aromatic N) is 2. The van der Waals surface area contributed by atoms with E-state index in [-0.39, 0.29) is 18.9 Å². The summed E-state index contributed by atoms with van der Waals surface area (Å²) in [5.74, 6) is -0.935. The van der Waals surface area contributed by atoms with Crippen molar-refractivity contribution in [2.75, 3.05) is 13.7 Å². The number of aromatic nitrogens is 1. The van der Waals surface area contributed by atoms with Crippen LogP contribution in [0.5, 0.6) is 11.5 Å². The first-order valence-corrected chi connectivity index (χ1v) is 22.1. The molecule has 3 aromatic rings. The molecular formula is C43H55N5O9S. The Kier molecular flexibility index (Phi) is 11.9. The topological polar surface area (TPSA) is 182 Å². The number of rotatable bonds is 8. The molecule has 0 spiro atoms. The SMILES string of the molecule is COc1ccc2c(O[C@@H]3C[C@H]4C(=O)N[C@]5(C(=O)NS(=O)(=O)C6CCC6)CC5CCCCCCC[C@H](NC(=O)OC(C)(C)C)C(=O)N4C3)cc(-c3ccccc3)nc2c1. The van der Waals surface area contributed by atoms with Gasteiger partial charge in [-0.25, -0.2) is 18.2 Å². The van der Waals surface area contributed by atoms with Crippen LogP contribution in [-0.2, 0) is 29.1 Å². The number of hydrogen-bond donors (Lipinski definition) is 3. The predicted molar refractivity (Wildman–Crippen MR) is 217 cm³/mol. The standard InChI is InChI=1S/C43H55N5O9S/c1-42(2,3)57-41(52)45-33-19-12-7-5-6-11-16-28-25-43(28,40(51)47-58(53,54)31-17-13-18-31)46-38(49)36-23-30(26-48(36)39(33)50)56-37-24-34(27-14-9-8-10-15-27)44-35-22-29(55-4)20-21-32(35)37/h8-10,14-15,20-22,24,28,30-31,33,36H,5-7,11-13,16-19,23,25-26H2,1-4H3,(H,45,52)(H,46,49)(H,47,51)/t28?,30-,33+,36+,43-/m1/s1. The first kappa shape index (κ1) is 41.2. The van der Waals surface area contributed by atoms with Gasteiger partial charge in [-0.05, 0) is 70.9 Å². The Labute approximate surface area is 340 Å². The van der Waals surface area contributed by atoms with Crippen LogP contribution in [0, 0.1) is 5.92 Å². The number of hydrogen-bond acceptors (Lipinski definition) is 10. The second-order valence-electron chi connectivity index (χ2n) is 17.2. The summed E-state index contributed by atoms with van der Waals surface area (Å²) in [6.45, 7) is 5.22. The molecular weight excluding hydrogens is 763 g/mol. The Bertz CT molecular complexity index is 2140. The van der Waals surface area contributed by atoms with Crippen molar-refractivity contribution in [2.45, 2.75) is 132 Å². The Morgan fingerprint density at radius 2 is 1.66 bits per heavy atom. The average molecular weight is 818 g/mol. The van der Waals surface area contributed by atoms with Crippen molar-refractivity contribution in [3.05, 3.63) is 54.6 Å². The summed E-state index contributed by atoms with van der Waals surface area (Å²) in [4.78, 5) is 62.7. The lowest BCUT2D eigenvalue weighted by atomic mass is 10.0. The van der Waals surface area contributed by atoms with E-state index in [0.29, 0.717) is 66.6 Å². The van der Waals surface area contributed by atoms with Gasteiger partial charge < -0.3 is 29.7 Å². The number of ether oxygens (including phenoxy) is 3. The smallest absolute Gasteiger partial charge is 0.408 e. The quantitative estimate of drug-likeness (QED) is 0.253. The third-order valence-electron chi connectivity index (χ3n) is 11.8. The first-order valence-electron chi connectivity index (χ1n) is 20.5. The van der Waals surface area contributed by atoms with Gasteiger partial charge in [0.1, 0.15) is 40.8 Å². The molecule has 2 aliphatic heterocycles. The summed E-state index contributed by atoms with van der Waals surface area (Å²) < 4.78 is 46.4. The second-order valence-corrected chi connectivity index (χ2v) is 19.1. The van der Waals surface area contributed by atoms with Gasteiger partial charge in [0.05, 0.1) is 30.1 Å². The van der Waals surface area contributed by atoms with E-state index in [4.69, 9.17) is 19.2 Å². The monoisotopic (exact) mass is 817 g/mol. The molecule has 5 atom stereocenters. The molecule has 58 heavy (non-hydrogen) atoms. The molecule has 2 saturated carbocycles. The Morgan fingerprint density at radius 3 is 2.34 bits per heavy atom. The van der Waals surface area contributed by atoms with Crippen LogP contribution in [0.1, 0.15) is 97.8 Å². The molecule has 2 aliphatic carbocycles. The Balaban J connectivity index is 1.22. The highest BCUT2D eigenvalue weighted by Crippen LogP contribution is 2.48. The van der Waals surface area contributed by atoms with Gasteiger partial charge >= 0.3 is 6.09 Å². The number of sulfonamides is 1. The molecule has 312 valence electrons. The maximum atomic E-state index is 14.7.